The first-order valence-electron chi connectivity index (χ1n) is 9.24. The van der Waals surface area contributed by atoms with Crippen molar-refractivity contribution >= 4 is 23.4 Å². The summed E-state index contributed by atoms with van der Waals surface area (Å²) in [5, 5.41) is 23.8. The molecule has 2 N–H and O–H groups in total. The highest BCUT2D eigenvalue weighted by Gasteiger charge is 2.17. The summed E-state index contributed by atoms with van der Waals surface area (Å²) in [6.45, 7) is 4.88. The molecule has 2 heterocycles. The zero-order chi connectivity index (χ0) is 21.7. The molecule has 0 radical (unpaired) electrons. The third-order valence-corrected chi connectivity index (χ3v) is 5.02. The number of hydrogen-bond donors (Lipinski definition) is 1. The second-order valence-corrected chi connectivity index (χ2v) is 7.92. The lowest BCUT2D eigenvalue weighted by molar-refractivity contribution is -0.384. The molecule has 158 valence electrons. The molecule has 0 fully saturated rings. The molecule has 2 aromatic heterocycles. The summed E-state index contributed by atoms with van der Waals surface area (Å²) in [6.07, 6.45) is 0.642. The number of rotatable bonds is 10. The van der Waals surface area contributed by atoms with Gasteiger partial charge in [-0.15, -0.1) is 10.2 Å². The highest BCUT2D eigenvalue weighted by Crippen LogP contribution is 2.25. The molecule has 0 bridgehead atoms. The van der Waals surface area contributed by atoms with E-state index in [1.54, 1.807) is 12.1 Å². The van der Waals surface area contributed by atoms with Gasteiger partial charge in [0.25, 0.3) is 5.69 Å². The maximum Gasteiger partial charge on any atom is 0.269 e. The second-order valence-electron chi connectivity index (χ2n) is 6.97. The molecule has 30 heavy (non-hydrogen) atoms. The standard InChI is InChI=1S/C18H21N7O4S/c1-11(2)9-24-15(8-7-14(19)26)21-22-18(24)30-10-16-20-17(23-29-16)12-3-5-13(6-4-12)25(27)28/h3-6,11H,7-10H2,1-2H3,(H2,19,26). The molecule has 1 amide bonds. The smallest absolute Gasteiger partial charge is 0.269 e. The number of nitrogens with two attached hydrogens (primary N) is 1. The van der Waals surface area contributed by atoms with Crippen LogP contribution in [0.4, 0.5) is 5.69 Å². The van der Waals surface area contributed by atoms with E-state index in [0.717, 1.165) is 0 Å². The fraction of sp³-hybridized carbons (Fsp3) is 0.389. The number of nitro benzene ring substituents is 1. The van der Waals surface area contributed by atoms with Crippen molar-refractivity contribution in [3.63, 3.8) is 0 Å². The summed E-state index contributed by atoms with van der Waals surface area (Å²) in [6, 6.07) is 5.93. The minimum Gasteiger partial charge on any atom is -0.370 e. The summed E-state index contributed by atoms with van der Waals surface area (Å²) in [5.74, 6) is 1.82. The van der Waals surface area contributed by atoms with Gasteiger partial charge in [0.1, 0.15) is 5.82 Å². The van der Waals surface area contributed by atoms with Crippen molar-refractivity contribution in [1.82, 2.24) is 24.9 Å². The fourth-order valence-electron chi connectivity index (χ4n) is 2.68. The van der Waals surface area contributed by atoms with Gasteiger partial charge in [0.05, 0.1) is 10.7 Å². The molecule has 0 unspecified atom stereocenters. The third kappa shape index (κ3) is 5.41. The van der Waals surface area contributed by atoms with Gasteiger partial charge in [-0.2, -0.15) is 4.98 Å². The van der Waals surface area contributed by atoms with Crippen LogP contribution in [0.2, 0.25) is 0 Å². The first-order valence-corrected chi connectivity index (χ1v) is 10.2. The van der Waals surface area contributed by atoms with Crippen molar-refractivity contribution < 1.29 is 14.2 Å². The van der Waals surface area contributed by atoms with E-state index in [4.69, 9.17) is 10.3 Å². The van der Waals surface area contributed by atoms with Crippen molar-refractivity contribution in [2.45, 2.75) is 44.1 Å². The van der Waals surface area contributed by atoms with E-state index >= 15 is 0 Å². The molecular weight excluding hydrogens is 410 g/mol. The zero-order valence-corrected chi connectivity index (χ0v) is 17.3. The van der Waals surface area contributed by atoms with E-state index in [-0.39, 0.29) is 18.0 Å². The molecule has 12 heteroatoms. The number of carbonyl (C=O) groups is 1. The number of thioether (sulfide) groups is 1. The Bertz CT molecular complexity index is 1030. The minimum absolute atomic E-state index is 0.00495. The molecule has 0 atom stereocenters. The Labute approximate surface area is 176 Å². The van der Waals surface area contributed by atoms with Crippen molar-refractivity contribution in [2.75, 3.05) is 0 Å². The van der Waals surface area contributed by atoms with Crippen LogP contribution in [0.5, 0.6) is 0 Å². The Morgan fingerprint density at radius 1 is 1.30 bits per heavy atom. The molecule has 0 spiro atoms. The van der Waals surface area contributed by atoms with E-state index in [1.165, 1.54) is 23.9 Å². The van der Waals surface area contributed by atoms with Crippen LogP contribution in [0.15, 0.2) is 33.9 Å². The summed E-state index contributed by atoms with van der Waals surface area (Å²) in [7, 11) is 0. The van der Waals surface area contributed by atoms with Crippen molar-refractivity contribution in [1.29, 1.82) is 0 Å². The van der Waals surface area contributed by atoms with E-state index < -0.39 is 4.92 Å². The third-order valence-electron chi connectivity index (χ3n) is 4.07. The summed E-state index contributed by atoms with van der Waals surface area (Å²) < 4.78 is 7.27. The number of primary amides is 1. The molecule has 0 aliphatic heterocycles. The normalized spacial score (nSPS) is 11.2. The second kappa shape index (κ2) is 9.48. The summed E-state index contributed by atoms with van der Waals surface area (Å²) in [5.41, 5.74) is 5.86. The van der Waals surface area contributed by atoms with Crippen LogP contribution in [0.1, 0.15) is 32.0 Å². The Morgan fingerprint density at radius 2 is 2.03 bits per heavy atom. The molecule has 0 aliphatic rings. The van der Waals surface area contributed by atoms with Crippen LogP contribution in [0.3, 0.4) is 0 Å². The summed E-state index contributed by atoms with van der Waals surface area (Å²) in [4.78, 5) is 25.7. The van der Waals surface area contributed by atoms with Crippen LogP contribution < -0.4 is 5.73 Å². The van der Waals surface area contributed by atoms with E-state index in [2.05, 4.69) is 34.2 Å². The number of hydrogen-bond acceptors (Lipinski definition) is 9. The number of non-ortho nitro benzene ring substituents is 1. The molecule has 0 saturated heterocycles. The highest BCUT2D eigenvalue weighted by atomic mass is 32.2. The van der Waals surface area contributed by atoms with Crippen LogP contribution in [-0.4, -0.2) is 35.7 Å². The van der Waals surface area contributed by atoms with Crippen molar-refractivity contribution in [3.05, 3.63) is 46.1 Å². The Balaban J connectivity index is 1.69. The molecule has 0 aliphatic carbocycles. The van der Waals surface area contributed by atoms with Gasteiger partial charge in [0, 0.05) is 37.1 Å². The zero-order valence-electron chi connectivity index (χ0n) is 16.5. The number of amides is 1. The van der Waals surface area contributed by atoms with Crippen LogP contribution in [0, 0.1) is 16.0 Å². The number of nitro groups is 1. The van der Waals surface area contributed by atoms with Gasteiger partial charge in [-0.25, -0.2) is 0 Å². The first kappa shape index (κ1) is 21.4. The molecule has 3 aromatic rings. The predicted octanol–water partition coefficient (Wildman–Crippen LogP) is 2.60. The Kier molecular flexibility index (Phi) is 6.77. The number of benzene rings is 1. The average Bonchev–Trinajstić information content (AvgIpc) is 3.31. The lowest BCUT2D eigenvalue weighted by Crippen LogP contribution is -2.15. The number of nitrogens with zero attached hydrogens (tertiary/aromatic N) is 6. The average molecular weight is 431 g/mol. The lowest BCUT2D eigenvalue weighted by Gasteiger charge is -2.11. The molecule has 11 nitrogen and oxygen atoms in total. The summed E-state index contributed by atoms with van der Waals surface area (Å²) >= 11 is 1.40. The Morgan fingerprint density at radius 3 is 2.67 bits per heavy atom. The van der Waals surface area contributed by atoms with Gasteiger partial charge in [-0.3, -0.25) is 14.9 Å². The van der Waals surface area contributed by atoms with E-state index in [9.17, 15) is 14.9 Å². The van der Waals surface area contributed by atoms with Crippen molar-refractivity contribution in [3.8, 4) is 11.4 Å². The van der Waals surface area contributed by atoms with Gasteiger partial charge < -0.3 is 14.8 Å². The highest BCUT2D eigenvalue weighted by molar-refractivity contribution is 7.98. The minimum atomic E-state index is -0.465. The van der Waals surface area contributed by atoms with Crippen LogP contribution >= 0.6 is 11.8 Å². The van der Waals surface area contributed by atoms with Gasteiger partial charge in [-0.05, 0) is 18.1 Å². The number of aromatic nitrogens is 5. The van der Waals surface area contributed by atoms with Crippen LogP contribution in [-0.2, 0) is 23.5 Å². The molecule has 1 aromatic carbocycles. The largest absolute Gasteiger partial charge is 0.370 e. The maximum atomic E-state index is 11.1. The topological polar surface area (TPSA) is 156 Å². The van der Waals surface area contributed by atoms with Gasteiger partial charge in [-0.1, -0.05) is 30.8 Å². The molecule has 3 rings (SSSR count). The van der Waals surface area contributed by atoms with Gasteiger partial charge >= 0.3 is 0 Å². The monoisotopic (exact) mass is 431 g/mol. The quantitative estimate of drug-likeness (QED) is 0.289. The maximum absolute atomic E-state index is 11.1. The first-order chi connectivity index (χ1) is 14.3. The fourth-order valence-corrected chi connectivity index (χ4v) is 3.49. The van der Waals surface area contributed by atoms with E-state index in [0.29, 0.717) is 52.9 Å². The van der Waals surface area contributed by atoms with E-state index in [1.807, 2.05) is 4.57 Å². The lowest BCUT2D eigenvalue weighted by atomic mass is 10.2. The van der Waals surface area contributed by atoms with Crippen molar-refractivity contribution in [2.24, 2.45) is 11.7 Å². The molecule has 0 saturated carbocycles. The number of aryl methyl sites for hydroxylation is 1. The molecular formula is C18H21N7O4S. The number of carbonyl (C=O) groups excluding carboxylic acids is 1. The van der Waals surface area contributed by atoms with Gasteiger partial charge in [0.2, 0.25) is 17.6 Å². The van der Waals surface area contributed by atoms with Crippen LogP contribution in [0.25, 0.3) is 11.4 Å². The van der Waals surface area contributed by atoms with Gasteiger partial charge in [0.15, 0.2) is 5.16 Å². The SMILES string of the molecule is CC(C)Cn1c(CCC(N)=O)nnc1SCc1nc(-c2ccc([N+](=O)[O-])cc2)no1. The predicted molar refractivity (Wildman–Crippen MR) is 108 cm³/mol. The Hall–Kier alpha value is -3.28.